The van der Waals surface area contributed by atoms with Crippen molar-refractivity contribution in [2.75, 3.05) is 4.90 Å². The number of hydrogen-bond donors (Lipinski definition) is 2. The van der Waals surface area contributed by atoms with Gasteiger partial charge in [-0.15, -0.1) is 0 Å². The molecule has 0 saturated heterocycles. The van der Waals surface area contributed by atoms with Crippen LogP contribution >= 0.6 is 0 Å². The molecule has 1 aromatic heterocycles. The minimum atomic E-state index is -0.393. The van der Waals surface area contributed by atoms with Gasteiger partial charge in [0.1, 0.15) is 0 Å². The number of urea groups is 1. The summed E-state index contributed by atoms with van der Waals surface area (Å²) in [5.74, 6) is 0.559. The summed E-state index contributed by atoms with van der Waals surface area (Å²) in [5.41, 5.74) is 12.3. The summed E-state index contributed by atoms with van der Waals surface area (Å²) >= 11 is 0. The van der Waals surface area contributed by atoms with E-state index in [1.807, 2.05) is 12.1 Å². The number of pyridine rings is 1. The highest BCUT2D eigenvalue weighted by Crippen LogP contribution is 2.31. The molecule has 19 heavy (non-hydrogen) atoms. The average Bonchev–Trinajstić information content (AvgIpc) is 2.40. The maximum atomic E-state index is 11.7. The second-order valence-corrected chi connectivity index (χ2v) is 5.34. The van der Waals surface area contributed by atoms with Crippen molar-refractivity contribution in [3.05, 3.63) is 24.5 Å². The van der Waals surface area contributed by atoms with E-state index in [1.54, 1.807) is 17.3 Å². The Hall–Kier alpha value is -1.62. The van der Waals surface area contributed by atoms with Crippen molar-refractivity contribution in [2.24, 2.45) is 17.4 Å². The minimum absolute atomic E-state index is 0.176. The second kappa shape index (κ2) is 6.02. The molecule has 1 aromatic rings. The summed E-state index contributed by atoms with van der Waals surface area (Å²) in [5, 5.41) is 0. The Morgan fingerprint density at radius 1 is 1.32 bits per heavy atom. The lowest BCUT2D eigenvalue weighted by Gasteiger charge is -2.37. The highest BCUT2D eigenvalue weighted by Gasteiger charge is 2.29. The van der Waals surface area contributed by atoms with Gasteiger partial charge in [0.25, 0.3) is 0 Å². The molecule has 0 unspecified atom stereocenters. The zero-order chi connectivity index (χ0) is 13.8. The second-order valence-electron chi connectivity index (χ2n) is 5.34. The Kier molecular flexibility index (Phi) is 4.37. The van der Waals surface area contributed by atoms with Crippen molar-refractivity contribution >= 4 is 11.7 Å². The van der Waals surface area contributed by atoms with Crippen molar-refractivity contribution in [1.29, 1.82) is 0 Å². The number of carbonyl (C=O) groups excluding carboxylic acids is 1. The van der Waals surface area contributed by atoms with Gasteiger partial charge in [0, 0.05) is 30.2 Å². The molecule has 104 valence electrons. The minimum Gasteiger partial charge on any atom is -0.351 e. The average molecular weight is 262 g/mol. The van der Waals surface area contributed by atoms with Gasteiger partial charge < -0.3 is 11.5 Å². The van der Waals surface area contributed by atoms with Crippen molar-refractivity contribution < 1.29 is 4.79 Å². The number of amides is 2. The van der Waals surface area contributed by atoms with Gasteiger partial charge in [-0.25, -0.2) is 4.79 Å². The van der Waals surface area contributed by atoms with Crippen molar-refractivity contribution in [3.63, 3.8) is 0 Å². The topological polar surface area (TPSA) is 85.2 Å². The van der Waals surface area contributed by atoms with Gasteiger partial charge in [0.2, 0.25) is 0 Å². The van der Waals surface area contributed by atoms with Gasteiger partial charge in [0.15, 0.2) is 0 Å². The molecular formula is C14H22N4O. The van der Waals surface area contributed by atoms with Crippen molar-refractivity contribution in [1.82, 2.24) is 4.98 Å². The first-order valence-electron chi connectivity index (χ1n) is 6.84. The van der Waals surface area contributed by atoms with E-state index in [9.17, 15) is 4.79 Å². The van der Waals surface area contributed by atoms with E-state index < -0.39 is 6.03 Å². The van der Waals surface area contributed by atoms with E-state index in [-0.39, 0.29) is 12.1 Å². The lowest BCUT2D eigenvalue weighted by molar-refractivity contribution is 0.242. The summed E-state index contributed by atoms with van der Waals surface area (Å²) in [6, 6.07) is 3.65. The summed E-state index contributed by atoms with van der Waals surface area (Å²) in [6.45, 7) is 2.06. The fourth-order valence-electron chi connectivity index (χ4n) is 2.91. The Labute approximate surface area is 114 Å². The molecule has 0 bridgehead atoms. The lowest BCUT2D eigenvalue weighted by atomic mass is 9.82. The maximum absolute atomic E-state index is 11.7. The SMILES string of the molecule is C[C@@H](N)C1CCC(N(C(N)=O)c2ccncc2)CC1. The maximum Gasteiger partial charge on any atom is 0.319 e. The summed E-state index contributed by atoms with van der Waals surface area (Å²) < 4.78 is 0. The van der Waals surface area contributed by atoms with Gasteiger partial charge in [-0.1, -0.05) is 0 Å². The molecule has 5 heteroatoms. The van der Waals surface area contributed by atoms with Crippen LogP contribution in [0.25, 0.3) is 0 Å². The number of primary amides is 1. The molecule has 5 nitrogen and oxygen atoms in total. The van der Waals surface area contributed by atoms with Crippen LogP contribution in [0.15, 0.2) is 24.5 Å². The monoisotopic (exact) mass is 262 g/mol. The molecule has 1 atom stereocenters. The molecule has 1 saturated carbocycles. The van der Waals surface area contributed by atoms with E-state index in [0.29, 0.717) is 5.92 Å². The molecule has 1 aliphatic rings. The quantitative estimate of drug-likeness (QED) is 0.872. The molecule has 2 rings (SSSR count). The van der Waals surface area contributed by atoms with Crippen LogP contribution in [0, 0.1) is 5.92 Å². The molecule has 1 fully saturated rings. The number of nitrogens with zero attached hydrogens (tertiary/aromatic N) is 2. The Balaban J connectivity index is 2.08. The van der Waals surface area contributed by atoms with Gasteiger partial charge >= 0.3 is 6.03 Å². The lowest BCUT2D eigenvalue weighted by Crippen LogP contribution is -2.46. The van der Waals surface area contributed by atoms with E-state index in [2.05, 4.69) is 11.9 Å². The van der Waals surface area contributed by atoms with Crippen molar-refractivity contribution in [2.45, 2.75) is 44.7 Å². The van der Waals surface area contributed by atoms with Gasteiger partial charge in [-0.3, -0.25) is 9.88 Å². The third-order valence-corrected chi connectivity index (χ3v) is 4.03. The van der Waals surface area contributed by atoms with Crippen LogP contribution in [-0.2, 0) is 0 Å². The van der Waals surface area contributed by atoms with Crippen LogP contribution in [0.2, 0.25) is 0 Å². The molecule has 4 N–H and O–H groups in total. The Morgan fingerprint density at radius 2 is 1.89 bits per heavy atom. The molecule has 0 aromatic carbocycles. The first-order valence-corrected chi connectivity index (χ1v) is 6.84. The molecule has 0 aliphatic heterocycles. The highest BCUT2D eigenvalue weighted by atomic mass is 16.2. The summed E-state index contributed by atoms with van der Waals surface area (Å²) in [7, 11) is 0. The number of anilines is 1. The molecule has 1 aliphatic carbocycles. The fourth-order valence-corrected chi connectivity index (χ4v) is 2.91. The van der Waals surface area contributed by atoms with E-state index in [4.69, 9.17) is 11.5 Å². The summed E-state index contributed by atoms with van der Waals surface area (Å²) in [6.07, 6.45) is 7.38. The van der Waals surface area contributed by atoms with Crippen molar-refractivity contribution in [3.8, 4) is 0 Å². The number of hydrogen-bond acceptors (Lipinski definition) is 3. The summed E-state index contributed by atoms with van der Waals surface area (Å²) in [4.78, 5) is 17.4. The molecule has 2 amide bonds. The fraction of sp³-hybridized carbons (Fsp3) is 0.571. The zero-order valence-corrected chi connectivity index (χ0v) is 11.3. The third-order valence-electron chi connectivity index (χ3n) is 4.03. The third kappa shape index (κ3) is 3.23. The Morgan fingerprint density at radius 3 is 2.37 bits per heavy atom. The zero-order valence-electron chi connectivity index (χ0n) is 11.3. The van der Waals surface area contributed by atoms with E-state index >= 15 is 0 Å². The van der Waals surface area contributed by atoms with Gasteiger partial charge in [-0.05, 0) is 50.7 Å². The van der Waals surface area contributed by atoms with Crippen LogP contribution in [0.4, 0.5) is 10.5 Å². The standard InChI is InChI=1S/C14H22N4O/c1-10(15)11-2-4-12(5-3-11)18(14(16)19)13-6-8-17-9-7-13/h6-12H,2-5,15H2,1H3,(H2,16,19)/t10-,11?,12?/m1/s1. The largest absolute Gasteiger partial charge is 0.351 e. The normalized spacial score (nSPS) is 24.7. The van der Waals surface area contributed by atoms with Crippen LogP contribution in [0.5, 0.6) is 0 Å². The molecule has 0 radical (unpaired) electrons. The number of carbonyl (C=O) groups is 1. The first-order chi connectivity index (χ1) is 9.09. The van der Waals surface area contributed by atoms with Crippen LogP contribution in [0.1, 0.15) is 32.6 Å². The predicted molar refractivity (Wildman–Crippen MR) is 75.7 cm³/mol. The number of rotatable bonds is 3. The van der Waals surface area contributed by atoms with E-state index in [0.717, 1.165) is 31.4 Å². The van der Waals surface area contributed by atoms with Crippen LogP contribution in [-0.4, -0.2) is 23.1 Å². The number of aromatic nitrogens is 1. The van der Waals surface area contributed by atoms with E-state index in [1.165, 1.54) is 0 Å². The smallest absolute Gasteiger partial charge is 0.319 e. The number of nitrogens with two attached hydrogens (primary N) is 2. The predicted octanol–water partition coefficient (Wildman–Crippen LogP) is 1.87. The van der Waals surface area contributed by atoms with Crippen LogP contribution < -0.4 is 16.4 Å². The van der Waals surface area contributed by atoms with Gasteiger partial charge in [0.05, 0.1) is 0 Å². The molecular weight excluding hydrogens is 240 g/mol. The first kappa shape index (κ1) is 13.8. The Bertz CT molecular complexity index is 413. The van der Waals surface area contributed by atoms with Gasteiger partial charge in [-0.2, -0.15) is 0 Å². The molecule has 0 spiro atoms. The highest BCUT2D eigenvalue weighted by molar-refractivity contribution is 5.91. The van der Waals surface area contributed by atoms with Crippen LogP contribution in [0.3, 0.4) is 0 Å². The molecule has 1 heterocycles.